The Morgan fingerprint density at radius 2 is 0.452 bits per heavy atom. The average molecular weight is 1080 g/mol. The van der Waals surface area contributed by atoms with Crippen molar-refractivity contribution in [1.29, 1.82) is 0 Å². The van der Waals surface area contributed by atoms with Crippen LogP contribution in [0, 0.1) is 0 Å². The fourth-order valence-corrected chi connectivity index (χ4v) is 14.1. The summed E-state index contributed by atoms with van der Waals surface area (Å²) in [6.45, 7) is 0. The first-order valence-corrected chi connectivity index (χ1v) is 29.1. The van der Waals surface area contributed by atoms with Crippen molar-refractivity contribution in [2.75, 3.05) is 0 Å². The molecule has 0 aliphatic heterocycles. The highest BCUT2D eigenvalue weighted by atomic mass is 15.0. The third-order valence-electron chi connectivity index (χ3n) is 18.1. The van der Waals surface area contributed by atoms with Gasteiger partial charge in [0.15, 0.2) is 0 Å². The third-order valence-corrected chi connectivity index (χ3v) is 18.1. The van der Waals surface area contributed by atoms with Crippen LogP contribution in [0.5, 0.6) is 0 Å². The van der Waals surface area contributed by atoms with Gasteiger partial charge in [0.05, 0.1) is 11.0 Å². The number of rotatable bonds is 0. The van der Waals surface area contributed by atoms with Crippen molar-refractivity contribution in [2.45, 2.75) is 0 Å². The number of benzene rings is 15. The van der Waals surface area contributed by atoms with Crippen LogP contribution in [-0.2, 0) is 28.2 Å². The molecule has 4 aromatic heterocycles. The van der Waals surface area contributed by atoms with E-state index in [0.29, 0.717) is 0 Å². The lowest BCUT2D eigenvalue weighted by Crippen LogP contribution is -1.88. The van der Waals surface area contributed by atoms with E-state index in [1.807, 2.05) is 0 Å². The van der Waals surface area contributed by atoms with Crippen LogP contribution in [0.4, 0.5) is 0 Å². The van der Waals surface area contributed by atoms with Gasteiger partial charge in [-0.05, 0) is 107 Å². The topological polar surface area (TPSA) is 19.7 Å². The van der Waals surface area contributed by atoms with Gasteiger partial charge in [-0.25, -0.2) is 0 Å². The highest BCUT2D eigenvalue weighted by Crippen LogP contribution is 2.41. The van der Waals surface area contributed by atoms with Gasteiger partial charge in [-0.3, -0.25) is 0 Å². The van der Waals surface area contributed by atoms with E-state index >= 15 is 0 Å². The molecule has 0 fully saturated rings. The van der Waals surface area contributed by atoms with Crippen LogP contribution in [0.1, 0.15) is 0 Å². The third kappa shape index (κ3) is 7.61. The minimum atomic E-state index is 1.30. The summed E-state index contributed by atoms with van der Waals surface area (Å²) in [5, 5.41) is 29.2. The van der Waals surface area contributed by atoms with E-state index < -0.39 is 0 Å². The molecule has 15 aromatic carbocycles. The average Bonchev–Trinajstić information content (AvgIpc) is 2.89. The second-order valence-electron chi connectivity index (χ2n) is 22.6. The Hall–Kier alpha value is -10.7. The molecule has 4 heteroatoms. The number of aryl methyl sites for hydroxylation is 4. The van der Waals surface area contributed by atoms with Gasteiger partial charge in [0.25, 0.3) is 0 Å². The Balaban J connectivity index is 0.0000000918. The summed E-state index contributed by atoms with van der Waals surface area (Å²) in [6.07, 6.45) is 0. The molecule has 0 saturated carbocycles. The Morgan fingerprint density at radius 3 is 0.893 bits per heavy atom. The highest BCUT2D eigenvalue weighted by molar-refractivity contribution is 6.29. The molecule has 0 saturated heterocycles. The molecule has 0 bridgehead atoms. The van der Waals surface area contributed by atoms with Crippen LogP contribution in [0.2, 0.25) is 0 Å². The van der Waals surface area contributed by atoms with Crippen molar-refractivity contribution >= 4 is 163 Å². The summed E-state index contributed by atoms with van der Waals surface area (Å²) < 4.78 is 9.25. The first kappa shape index (κ1) is 49.2. The van der Waals surface area contributed by atoms with E-state index in [1.165, 1.54) is 163 Å². The summed E-state index contributed by atoms with van der Waals surface area (Å²) in [7, 11) is 8.64. The molecule has 0 aliphatic carbocycles. The van der Waals surface area contributed by atoms with Gasteiger partial charge < -0.3 is 18.3 Å². The van der Waals surface area contributed by atoms with Crippen LogP contribution in [0.3, 0.4) is 0 Å². The summed E-state index contributed by atoms with van der Waals surface area (Å²) in [6, 6.07) is 100. The maximum atomic E-state index is 2.36. The Morgan fingerprint density at radius 1 is 0.167 bits per heavy atom. The molecule has 398 valence electrons. The molecular formula is C80H58N4. The predicted molar refractivity (Wildman–Crippen MR) is 364 cm³/mol. The van der Waals surface area contributed by atoms with Gasteiger partial charge in [-0.1, -0.05) is 237 Å². The minimum absolute atomic E-state index is 1.30. The van der Waals surface area contributed by atoms with Crippen molar-refractivity contribution in [2.24, 2.45) is 28.2 Å². The first-order valence-electron chi connectivity index (χ1n) is 29.1. The summed E-state index contributed by atoms with van der Waals surface area (Å²) in [5.74, 6) is 0. The smallest absolute Gasteiger partial charge is 0.0568 e. The maximum Gasteiger partial charge on any atom is 0.0568 e. The molecular weight excluding hydrogens is 1020 g/mol. The molecule has 84 heavy (non-hydrogen) atoms. The van der Waals surface area contributed by atoms with Crippen molar-refractivity contribution in [3.05, 3.63) is 279 Å². The van der Waals surface area contributed by atoms with Crippen LogP contribution < -0.4 is 0 Å². The van der Waals surface area contributed by atoms with E-state index in [-0.39, 0.29) is 0 Å². The molecule has 0 atom stereocenters. The second kappa shape index (κ2) is 19.5. The van der Waals surface area contributed by atoms with Gasteiger partial charge in [0.1, 0.15) is 0 Å². The first-order chi connectivity index (χ1) is 41.4. The zero-order valence-electron chi connectivity index (χ0n) is 47.3. The number of fused-ring (bicyclic) bond motifs is 25. The fourth-order valence-electron chi connectivity index (χ4n) is 14.1. The summed E-state index contributed by atoms with van der Waals surface area (Å²) in [4.78, 5) is 0. The molecule has 19 rings (SSSR count). The Kier molecular flexibility index (Phi) is 11.4. The number of nitrogens with zero attached hydrogens (tertiary/aromatic N) is 4. The second-order valence-corrected chi connectivity index (χ2v) is 22.6. The minimum Gasteiger partial charge on any atom is -0.344 e. The monoisotopic (exact) mass is 1070 g/mol. The standard InChI is InChI=1S/3C21H15N.C17H13N/c1-22-18-12-10-14-6-2-4-8-16(14)20(18)21-17-9-5-3-7-15(17)11-13-19(21)22;1-22-20-16-8-4-2-6-14(16)10-12-18(20)19-13-11-15-7-3-5-9-17(15)21(19)22;1-22-19-11-10-14-6-4-5-9-17(14)21(19)18-12-15-7-2-3-8-16(15)13-20(18)22;1-18-15-9-5-4-8-14(15)17-13-7-3-2-6-12(13)10-11-16(17)18/h3*2-13H,1H3;2-11H,1H3. The molecule has 0 spiro atoms. The molecule has 4 heterocycles. The molecule has 0 aliphatic rings. The van der Waals surface area contributed by atoms with Crippen LogP contribution in [0.15, 0.2) is 279 Å². The molecule has 0 N–H and O–H groups in total. The lowest BCUT2D eigenvalue weighted by Gasteiger charge is -2.04. The van der Waals surface area contributed by atoms with E-state index in [2.05, 4.69) is 326 Å². The van der Waals surface area contributed by atoms with Gasteiger partial charge in [0.2, 0.25) is 0 Å². The number of hydrogen-bond donors (Lipinski definition) is 0. The van der Waals surface area contributed by atoms with Crippen molar-refractivity contribution in [1.82, 2.24) is 18.3 Å². The summed E-state index contributed by atoms with van der Waals surface area (Å²) in [5.41, 5.74) is 10.4. The lowest BCUT2D eigenvalue weighted by atomic mass is 10.00. The van der Waals surface area contributed by atoms with Crippen LogP contribution in [0.25, 0.3) is 163 Å². The number of hydrogen-bond acceptors (Lipinski definition) is 0. The van der Waals surface area contributed by atoms with E-state index in [1.54, 1.807) is 0 Å². The normalized spacial score (nSPS) is 11.8. The quantitative estimate of drug-likeness (QED) is 0.144. The summed E-state index contributed by atoms with van der Waals surface area (Å²) >= 11 is 0. The van der Waals surface area contributed by atoms with E-state index in [9.17, 15) is 0 Å². The number of para-hydroxylation sites is 1. The molecule has 0 radical (unpaired) electrons. The van der Waals surface area contributed by atoms with Crippen LogP contribution in [-0.4, -0.2) is 18.3 Å². The SMILES string of the molecule is Cn1c2c3ccccc3ccc2c2ccc3ccccc3c21.Cn1c2cc3ccccc3cc2c2c3ccccc3ccc21.Cn1c2ccc3ccccc3c2c2c3ccccc3ccc21.Cn1c2ccccc2c2c3ccccc3ccc21. The van der Waals surface area contributed by atoms with Gasteiger partial charge in [-0.15, -0.1) is 0 Å². The van der Waals surface area contributed by atoms with Crippen LogP contribution >= 0.6 is 0 Å². The number of aromatic nitrogens is 4. The van der Waals surface area contributed by atoms with Gasteiger partial charge in [-0.2, -0.15) is 0 Å². The molecule has 0 amide bonds. The van der Waals surface area contributed by atoms with Crippen molar-refractivity contribution in [3.8, 4) is 0 Å². The highest BCUT2D eigenvalue weighted by Gasteiger charge is 2.17. The zero-order valence-corrected chi connectivity index (χ0v) is 47.3. The van der Waals surface area contributed by atoms with Crippen molar-refractivity contribution in [3.63, 3.8) is 0 Å². The molecule has 4 nitrogen and oxygen atoms in total. The Bertz CT molecular complexity index is 5660. The Labute approximate surface area is 485 Å². The van der Waals surface area contributed by atoms with E-state index in [4.69, 9.17) is 0 Å². The van der Waals surface area contributed by atoms with Crippen molar-refractivity contribution < 1.29 is 0 Å². The zero-order chi connectivity index (χ0) is 56.2. The van der Waals surface area contributed by atoms with Gasteiger partial charge >= 0.3 is 0 Å². The fraction of sp³-hybridized carbons (Fsp3) is 0.0500. The maximum absolute atomic E-state index is 2.36. The molecule has 0 unspecified atom stereocenters. The van der Waals surface area contributed by atoms with Gasteiger partial charge in [0, 0.05) is 115 Å². The predicted octanol–water partition coefficient (Wildman–Crippen LogP) is 21.4. The largest absolute Gasteiger partial charge is 0.344 e. The lowest BCUT2D eigenvalue weighted by molar-refractivity contribution is 1.01. The van der Waals surface area contributed by atoms with E-state index in [0.717, 1.165) is 0 Å². The molecule has 19 aromatic rings.